The lowest BCUT2D eigenvalue weighted by molar-refractivity contribution is 0.0979. The minimum Gasteiger partial charge on any atom is -0.297 e. The van der Waals surface area contributed by atoms with Crippen molar-refractivity contribution in [2.45, 2.75) is 6.54 Å². The number of carbonyl (C=O) groups excluding carboxylic acids is 1. The largest absolute Gasteiger partial charge is 0.297 e. The van der Waals surface area contributed by atoms with Gasteiger partial charge in [0.25, 0.3) is 11.2 Å². The van der Waals surface area contributed by atoms with Crippen molar-refractivity contribution in [1.29, 1.82) is 0 Å². The van der Waals surface area contributed by atoms with Crippen LogP contribution in [0.3, 0.4) is 0 Å². The number of nitrogens with zero attached hydrogens (tertiary/aromatic N) is 5. The number of rotatable bonds is 4. The fourth-order valence-corrected chi connectivity index (χ4v) is 3.12. The lowest BCUT2D eigenvalue weighted by Crippen LogP contribution is -2.32. The summed E-state index contributed by atoms with van der Waals surface area (Å²) in [5.41, 5.74) is 1.26. The molecule has 27 heavy (non-hydrogen) atoms. The second kappa shape index (κ2) is 7.12. The molecule has 0 spiro atoms. The van der Waals surface area contributed by atoms with E-state index in [-0.39, 0.29) is 22.9 Å². The van der Waals surface area contributed by atoms with Crippen LogP contribution in [0, 0.1) is 11.1 Å². The van der Waals surface area contributed by atoms with E-state index >= 15 is 0 Å². The summed E-state index contributed by atoms with van der Waals surface area (Å²) in [6.45, 7) is -0.143. The molecular formula is C18H11F2N5OS. The number of halogens is 2. The minimum atomic E-state index is -0.726. The van der Waals surface area contributed by atoms with E-state index in [0.29, 0.717) is 22.4 Å². The Hall–Kier alpha value is -3.33. The van der Waals surface area contributed by atoms with E-state index in [9.17, 15) is 13.6 Å². The van der Waals surface area contributed by atoms with E-state index in [1.807, 2.05) is 6.07 Å². The number of anilines is 1. The molecule has 1 amide bonds. The smallest absolute Gasteiger partial charge is 0.289 e. The summed E-state index contributed by atoms with van der Waals surface area (Å²) < 4.78 is 27.5. The Morgan fingerprint density at radius 2 is 1.74 bits per heavy atom. The maximum absolute atomic E-state index is 14.3. The van der Waals surface area contributed by atoms with Crippen molar-refractivity contribution in [1.82, 2.24) is 20.2 Å². The first-order valence-electron chi connectivity index (χ1n) is 7.88. The summed E-state index contributed by atoms with van der Waals surface area (Å²) in [5, 5.41) is 6.49. The Morgan fingerprint density at radius 3 is 2.48 bits per heavy atom. The summed E-state index contributed by atoms with van der Waals surface area (Å²) >= 11 is 0.690. The summed E-state index contributed by atoms with van der Waals surface area (Å²) in [5.74, 6) is -1.17. The Labute approximate surface area is 156 Å². The maximum Gasteiger partial charge on any atom is 0.289 e. The van der Waals surface area contributed by atoms with Crippen molar-refractivity contribution < 1.29 is 13.6 Å². The second-order valence-corrected chi connectivity index (χ2v) is 6.55. The molecule has 0 aliphatic carbocycles. The predicted molar refractivity (Wildman–Crippen MR) is 96.3 cm³/mol. The van der Waals surface area contributed by atoms with Crippen molar-refractivity contribution >= 4 is 34.0 Å². The van der Waals surface area contributed by atoms with Gasteiger partial charge >= 0.3 is 0 Å². The normalized spacial score (nSPS) is 10.9. The molecule has 0 saturated carbocycles. The second-order valence-electron chi connectivity index (χ2n) is 5.54. The molecule has 2 aromatic heterocycles. The highest BCUT2D eigenvalue weighted by molar-refractivity contribution is 7.09. The monoisotopic (exact) mass is 383 g/mol. The van der Waals surface area contributed by atoms with Crippen LogP contribution in [0.5, 0.6) is 0 Å². The molecule has 0 N–H and O–H groups in total. The lowest BCUT2D eigenvalue weighted by Gasteiger charge is -2.21. The minimum absolute atomic E-state index is 0.0352. The summed E-state index contributed by atoms with van der Waals surface area (Å²) in [6.07, 6.45) is 1.33. The van der Waals surface area contributed by atoms with Gasteiger partial charge in [-0.2, -0.15) is 4.39 Å². The van der Waals surface area contributed by atoms with E-state index in [1.165, 1.54) is 24.4 Å². The molecule has 0 atom stereocenters. The fraction of sp³-hybridized carbons (Fsp3) is 0.0556. The molecule has 134 valence electrons. The van der Waals surface area contributed by atoms with E-state index in [0.717, 1.165) is 4.90 Å². The van der Waals surface area contributed by atoms with Gasteiger partial charge in [0.15, 0.2) is 0 Å². The first-order chi connectivity index (χ1) is 13.1. The zero-order chi connectivity index (χ0) is 18.8. The van der Waals surface area contributed by atoms with Gasteiger partial charge < -0.3 is 0 Å². The van der Waals surface area contributed by atoms with Crippen LogP contribution < -0.4 is 4.90 Å². The van der Waals surface area contributed by atoms with Crippen molar-refractivity contribution in [2.75, 3.05) is 4.90 Å². The summed E-state index contributed by atoms with van der Waals surface area (Å²) in [4.78, 5) is 22.8. The van der Waals surface area contributed by atoms with Crippen LogP contribution in [0.1, 0.15) is 15.5 Å². The molecule has 4 aromatic rings. The molecule has 0 saturated heterocycles. The Kier molecular flexibility index (Phi) is 4.51. The zero-order valence-electron chi connectivity index (χ0n) is 13.7. The van der Waals surface area contributed by atoms with Gasteiger partial charge in [-0.1, -0.05) is 35.6 Å². The van der Waals surface area contributed by atoms with Gasteiger partial charge in [0.1, 0.15) is 16.5 Å². The average Bonchev–Trinajstić information content (AvgIpc) is 3.11. The Morgan fingerprint density at radius 1 is 1.00 bits per heavy atom. The molecule has 0 fully saturated rings. The lowest BCUT2D eigenvalue weighted by atomic mass is 10.2. The molecule has 0 unspecified atom stereocenters. The topological polar surface area (TPSA) is 71.9 Å². The van der Waals surface area contributed by atoms with Gasteiger partial charge in [-0.25, -0.2) is 9.37 Å². The van der Waals surface area contributed by atoms with Gasteiger partial charge in [0.05, 0.1) is 29.5 Å². The third-order valence-corrected chi connectivity index (χ3v) is 4.49. The van der Waals surface area contributed by atoms with E-state index < -0.39 is 17.0 Å². The number of para-hydroxylation sites is 3. The molecule has 4 rings (SSSR count). The van der Waals surface area contributed by atoms with Crippen molar-refractivity contribution in [2.24, 2.45) is 0 Å². The predicted octanol–water partition coefficient (Wildman–Crippen LogP) is 3.61. The third-order valence-electron chi connectivity index (χ3n) is 3.79. The first kappa shape index (κ1) is 17.1. The number of carbonyl (C=O) groups is 1. The van der Waals surface area contributed by atoms with Crippen molar-refractivity contribution in [3.05, 3.63) is 76.5 Å². The fourth-order valence-electron chi connectivity index (χ4n) is 2.57. The third kappa shape index (κ3) is 3.49. The van der Waals surface area contributed by atoms with Gasteiger partial charge in [0, 0.05) is 0 Å². The number of fused-ring (bicyclic) bond motifs is 1. The van der Waals surface area contributed by atoms with Gasteiger partial charge in [-0.3, -0.25) is 14.7 Å². The zero-order valence-corrected chi connectivity index (χ0v) is 14.5. The Bertz CT molecular complexity index is 1130. The molecule has 9 heteroatoms. The molecule has 2 heterocycles. The van der Waals surface area contributed by atoms with Crippen LogP contribution in [-0.4, -0.2) is 26.1 Å². The summed E-state index contributed by atoms with van der Waals surface area (Å²) in [6, 6.07) is 12.9. The first-order valence-corrected chi connectivity index (χ1v) is 8.69. The molecule has 0 aliphatic heterocycles. The van der Waals surface area contributed by atoms with Gasteiger partial charge in [-0.15, -0.1) is 10.2 Å². The molecular weight excluding hydrogens is 372 g/mol. The number of aromatic nitrogens is 4. The van der Waals surface area contributed by atoms with E-state index in [4.69, 9.17) is 0 Å². The average molecular weight is 383 g/mol. The SMILES string of the molecule is O=C(c1cnc2ccccc2n1)N(Cc1nnc(F)s1)c1ccccc1F. The van der Waals surface area contributed by atoms with Crippen LogP contribution in [0.4, 0.5) is 14.5 Å². The van der Waals surface area contributed by atoms with Gasteiger partial charge in [-0.05, 0) is 24.3 Å². The maximum atomic E-state index is 14.3. The highest BCUT2D eigenvalue weighted by atomic mass is 32.1. The van der Waals surface area contributed by atoms with E-state index in [2.05, 4.69) is 20.2 Å². The van der Waals surface area contributed by atoms with Crippen LogP contribution in [0.2, 0.25) is 0 Å². The molecule has 2 aromatic carbocycles. The molecule has 6 nitrogen and oxygen atoms in total. The molecule has 0 radical (unpaired) electrons. The number of benzene rings is 2. The highest BCUT2D eigenvalue weighted by Gasteiger charge is 2.24. The number of hydrogen-bond donors (Lipinski definition) is 0. The van der Waals surface area contributed by atoms with Crippen LogP contribution >= 0.6 is 11.3 Å². The highest BCUT2D eigenvalue weighted by Crippen LogP contribution is 2.24. The standard InChI is InChI=1S/C18H11F2N5OS/c19-11-5-1-4-8-15(11)25(10-16-23-24-18(20)27-16)17(26)14-9-21-12-6-2-3-7-13(12)22-14/h1-9H,10H2. The quantitative estimate of drug-likeness (QED) is 0.538. The van der Waals surface area contributed by atoms with Crippen molar-refractivity contribution in [3.63, 3.8) is 0 Å². The van der Waals surface area contributed by atoms with E-state index in [1.54, 1.807) is 24.3 Å². The summed E-state index contributed by atoms with van der Waals surface area (Å²) in [7, 11) is 0. The Balaban J connectivity index is 1.76. The van der Waals surface area contributed by atoms with Crippen LogP contribution in [-0.2, 0) is 6.54 Å². The molecule has 0 aliphatic rings. The van der Waals surface area contributed by atoms with Gasteiger partial charge in [0.2, 0.25) is 0 Å². The van der Waals surface area contributed by atoms with Crippen LogP contribution in [0.25, 0.3) is 11.0 Å². The van der Waals surface area contributed by atoms with Crippen molar-refractivity contribution in [3.8, 4) is 0 Å². The van der Waals surface area contributed by atoms with Crippen LogP contribution in [0.15, 0.2) is 54.7 Å². The number of hydrogen-bond acceptors (Lipinski definition) is 6. The molecule has 0 bridgehead atoms. The number of amides is 1.